The monoisotopic (exact) mass is 663 g/mol. The number of piperidine rings is 1. The molecule has 2 atom stereocenters. The van der Waals surface area contributed by atoms with Gasteiger partial charge in [0.25, 0.3) is 0 Å². The number of aromatic nitrogens is 4. The second kappa shape index (κ2) is 15.3. The number of unbranched alkanes of at least 4 members (excludes halogenated alkanes) is 1. The molecule has 0 radical (unpaired) electrons. The van der Waals surface area contributed by atoms with Gasteiger partial charge in [0, 0.05) is 71.3 Å². The number of anilines is 1. The van der Waals surface area contributed by atoms with Gasteiger partial charge in [0.2, 0.25) is 0 Å². The van der Waals surface area contributed by atoms with E-state index in [2.05, 4.69) is 43.8 Å². The molecule has 4 aromatic rings. The number of aromatic amines is 1. The number of benzene rings is 2. The van der Waals surface area contributed by atoms with Crippen LogP contribution in [0, 0.1) is 5.82 Å². The van der Waals surface area contributed by atoms with E-state index in [0.717, 1.165) is 110 Å². The molecule has 3 aliphatic heterocycles. The molecule has 47 heavy (non-hydrogen) atoms. The lowest BCUT2D eigenvalue weighted by Crippen LogP contribution is -2.30. The molecule has 0 bridgehead atoms. The van der Waals surface area contributed by atoms with Gasteiger partial charge < -0.3 is 10.2 Å². The summed E-state index contributed by atoms with van der Waals surface area (Å²) in [5.41, 5.74) is 4.44. The van der Waals surface area contributed by atoms with Gasteiger partial charge in [0.05, 0.1) is 11.7 Å². The van der Waals surface area contributed by atoms with Gasteiger partial charge in [-0.1, -0.05) is 31.2 Å². The second-order valence-corrected chi connectivity index (χ2v) is 13.6. The Bertz CT molecular complexity index is 1690. The minimum Gasteiger partial charge on any atom is -0.389 e. The second-order valence-electron chi connectivity index (χ2n) is 13.2. The SMILES string of the molecule is C=C(CCCCc1c(Cl)cc2[nH]ncc2c1-c1ccc2c(N3CCCCC3)nc(CC)nc2c1F)NCC.FC1CC2CCCN2C1. The summed E-state index contributed by atoms with van der Waals surface area (Å²) in [4.78, 5) is 14.1. The fourth-order valence-corrected chi connectivity index (χ4v) is 7.85. The molecule has 2 aromatic heterocycles. The number of alkyl halides is 1. The molecule has 3 aliphatic rings. The van der Waals surface area contributed by atoms with Crippen molar-refractivity contribution in [2.45, 2.75) is 96.7 Å². The lowest BCUT2D eigenvalue weighted by molar-refractivity contribution is 0.292. The Hall–Kier alpha value is -3.30. The van der Waals surface area contributed by atoms with Gasteiger partial charge in [-0.15, -0.1) is 0 Å². The zero-order chi connectivity index (χ0) is 32.9. The number of hydrogen-bond acceptors (Lipinski definition) is 6. The number of fused-ring (bicyclic) bond motifs is 3. The van der Waals surface area contributed by atoms with Crippen LogP contribution in [0.15, 0.2) is 36.7 Å². The smallest absolute Gasteiger partial charge is 0.157 e. The predicted molar refractivity (Wildman–Crippen MR) is 190 cm³/mol. The molecule has 5 heterocycles. The van der Waals surface area contributed by atoms with E-state index >= 15 is 4.39 Å². The summed E-state index contributed by atoms with van der Waals surface area (Å²) in [5, 5.41) is 12.8. The van der Waals surface area contributed by atoms with Crippen molar-refractivity contribution in [1.82, 2.24) is 30.4 Å². The molecule has 2 aromatic carbocycles. The van der Waals surface area contributed by atoms with Crippen LogP contribution in [0.25, 0.3) is 32.9 Å². The van der Waals surface area contributed by atoms with Gasteiger partial charge in [-0.05, 0) is 95.4 Å². The number of hydrogen-bond donors (Lipinski definition) is 2. The van der Waals surface area contributed by atoms with Crippen LogP contribution < -0.4 is 10.2 Å². The van der Waals surface area contributed by atoms with Gasteiger partial charge in [-0.2, -0.15) is 5.10 Å². The Labute approximate surface area is 282 Å². The van der Waals surface area contributed by atoms with Gasteiger partial charge in [-0.25, -0.2) is 18.7 Å². The van der Waals surface area contributed by atoms with Gasteiger partial charge in [0.15, 0.2) is 5.82 Å². The molecule has 0 saturated carbocycles. The van der Waals surface area contributed by atoms with E-state index in [1.54, 1.807) is 6.20 Å². The van der Waals surface area contributed by atoms with Gasteiger partial charge >= 0.3 is 0 Å². The number of rotatable bonds is 10. The standard InChI is InChI=1S/C30H36ClFN6.C7H12FN/c1-4-26-35-29-22(30(36-26)38-15-9-6-10-16-38)14-13-21(28(29)32)27-20(12-8-7-11-19(3)33-5-2)24(31)17-25-23(27)18-34-37-25;8-6-4-7-2-1-3-9(7)5-6/h13-14,17-18,33H,3-12,15-16H2,1-2H3,(H,34,37);6-7H,1-5H2. The normalized spacial score (nSPS) is 19.6. The van der Waals surface area contributed by atoms with Crippen molar-refractivity contribution in [1.29, 1.82) is 0 Å². The van der Waals surface area contributed by atoms with E-state index in [9.17, 15) is 4.39 Å². The van der Waals surface area contributed by atoms with E-state index in [4.69, 9.17) is 16.6 Å². The number of aryl methyl sites for hydroxylation is 1. The number of H-pyrrole nitrogens is 1. The van der Waals surface area contributed by atoms with Crippen LogP contribution >= 0.6 is 11.6 Å². The molecule has 0 aliphatic carbocycles. The first-order valence-corrected chi connectivity index (χ1v) is 17.9. The summed E-state index contributed by atoms with van der Waals surface area (Å²) in [7, 11) is 0. The molecule has 2 N–H and O–H groups in total. The van der Waals surface area contributed by atoms with Crippen molar-refractivity contribution in [3.8, 4) is 11.1 Å². The highest BCUT2D eigenvalue weighted by atomic mass is 35.5. The highest BCUT2D eigenvalue weighted by Crippen LogP contribution is 2.41. The third-order valence-electron chi connectivity index (χ3n) is 9.91. The van der Waals surface area contributed by atoms with E-state index in [-0.39, 0.29) is 5.82 Å². The predicted octanol–water partition coefficient (Wildman–Crippen LogP) is 8.55. The molecule has 2 unspecified atom stereocenters. The van der Waals surface area contributed by atoms with Gasteiger partial charge in [-0.3, -0.25) is 10.00 Å². The average molecular weight is 664 g/mol. The minimum atomic E-state index is -0.518. The summed E-state index contributed by atoms with van der Waals surface area (Å²) >= 11 is 6.82. The van der Waals surface area contributed by atoms with Crippen LogP contribution in [0.5, 0.6) is 0 Å². The van der Waals surface area contributed by atoms with Crippen LogP contribution in [-0.4, -0.2) is 70.0 Å². The number of nitrogens with one attached hydrogen (secondary N) is 2. The molecule has 0 amide bonds. The van der Waals surface area contributed by atoms with Crippen molar-refractivity contribution in [2.24, 2.45) is 0 Å². The Kier molecular flexibility index (Phi) is 10.9. The molecule has 3 saturated heterocycles. The van der Waals surface area contributed by atoms with E-state index in [1.165, 1.54) is 19.3 Å². The lowest BCUT2D eigenvalue weighted by atomic mass is 9.91. The van der Waals surface area contributed by atoms with Crippen molar-refractivity contribution in [3.05, 3.63) is 58.9 Å². The first kappa shape index (κ1) is 33.6. The maximum atomic E-state index is 16.5. The zero-order valence-electron chi connectivity index (χ0n) is 27.9. The van der Waals surface area contributed by atoms with Gasteiger partial charge in [0.1, 0.15) is 23.3 Å². The fourth-order valence-electron chi connectivity index (χ4n) is 7.55. The highest BCUT2D eigenvalue weighted by Gasteiger charge is 2.34. The van der Waals surface area contributed by atoms with E-state index in [0.29, 0.717) is 40.9 Å². The maximum Gasteiger partial charge on any atom is 0.157 e. The van der Waals surface area contributed by atoms with Crippen molar-refractivity contribution >= 4 is 39.2 Å². The number of allylic oxidation sites excluding steroid dienone is 1. The molecule has 3 fully saturated rings. The van der Waals surface area contributed by atoms with Crippen LogP contribution in [0.3, 0.4) is 0 Å². The summed E-state index contributed by atoms with van der Waals surface area (Å²) in [6, 6.07) is 6.36. The van der Waals surface area contributed by atoms with E-state index in [1.807, 2.05) is 25.1 Å². The van der Waals surface area contributed by atoms with Crippen LogP contribution in [0.1, 0.15) is 83.0 Å². The minimum absolute atomic E-state index is 0.329. The Morgan fingerprint density at radius 3 is 2.68 bits per heavy atom. The molecule has 7 nitrogen and oxygen atoms in total. The van der Waals surface area contributed by atoms with Crippen LogP contribution in [0.2, 0.25) is 5.02 Å². The first-order valence-electron chi connectivity index (χ1n) is 17.6. The average Bonchev–Trinajstić information content (AvgIpc) is 3.81. The third kappa shape index (κ3) is 7.41. The summed E-state index contributed by atoms with van der Waals surface area (Å²) in [5.74, 6) is 1.18. The zero-order valence-corrected chi connectivity index (χ0v) is 28.6. The van der Waals surface area contributed by atoms with Crippen molar-refractivity contribution in [3.63, 3.8) is 0 Å². The molecular weight excluding hydrogens is 616 g/mol. The molecule has 252 valence electrons. The number of halogens is 3. The van der Waals surface area contributed by atoms with Crippen LogP contribution in [0.4, 0.5) is 14.6 Å². The molecular formula is C37H48ClF2N7. The summed E-state index contributed by atoms with van der Waals surface area (Å²) in [6.45, 7) is 12.8. The Balaban J connectivity index is 0.000000366. The molecule has 7 rings (SSSR count). The van der Waals surface area contributed by atoms with Crippen LogP contribution in [-0.2, 0) is 12.8 Å². The molecule has 10 heteroatoms. The highest BCUT2D eigenvalue weighted by molar-refractivity contribution is 6.33. The third-order valence-corrected chi connectivity index (χ3v) is 10.3. The van der Waals surface area contributed by atoms with Crippen molar-refractivity contribution in [2.75, 3.05) is 37.6 Å². The number of nitrogens with zero attached hydrogens (tertiary/aromatic N) is 5. The quantitative estimate of drug-likeness (QED) is 0.166. The van der Waals surface area contributed by atoms with Crippen molar-refractivity contribution < 1.29 is 8.78 Å². The lowest BCUT2D eigenvalue weighted by Gasteiger charge is -2.29. The Morgan fingerprint density at radius 2 is 1.91 bits per heavy atom. The first-order chi connectivity index (χ1) is 22.9. The summed E-state index contributed by atoms with van der Waals surface area (Å²) < 4.78 is 29.1. The fraction of sp³-hybridized carbons (Fsp3) is 0.541. The Morgan fingerprint density at radius 1 is 1.09 bits per heavy atom. The topological polar surface area (TPSA) is 73.0 Å². The largest absolute Gasteiger partial charge is 0.389 e. The summed E-state index contributed by atoms with van der Waals surface area (Å²) in [6.07, 6.45) is 12.2. The molecule has 0 spiro atoms. The maximum absolute atomic E-state index is 16.5. The van der Waals surface area contributed by atoms with E-state index < -0.39 is 6.17 Å².